The third kappa shape index (κ3) is 4.86. The molecule has 1 aromatic carbocycles. The summed E-state index contributed by atoms with van der Waals surface area (Å²) in [7, 11) is 3.25. The second kappa shape index (κ2) is 6.87. The van der Waals surface area contributed by atoms with Crippen LogP contribution in [0.15, 0.2) is 18.2 Å². The SMILES string of the molecule is CCc1ccc(F)c(Cl)c1.COC. The molecule has 0 spiro atoms. The smallest absolute Gasteiger partial charge is 0.141 e. The molecule has 0 aliphatic heterocycles. The van der Waals surface area contributed by atoms with Crippen molar-refractivity contribution < 1.29 is 9.13 Å². The average Bonchev–Trinajstić information content (AvgIpc) is 2.11. The van der Waals surface area contributed by atoms with E-state index in [1.165, 1.54) is 6.07 Å². The highest BCUT2D eigenvalue weighted by Crippen LogP contribution is 2.15. The van der Waals surface area contributed by atoms with Gasteiger partial charge in [0.2, 0.25) is 0 Å². The lowest BCUT2D eigenvalue weighted by Gasteiger charge is -1.96. The number of halogens is 2. The maximum Gasteiger partial charge on any atom is 0.141 e. The Hall–Kier alpha value is -0.600. The summed E-state index contributed by atoms with van der Waals surface area (Å²) < 4.78 is 16.8. The van der Waals surface area contributed by atoms with Gasteiger partial charge in [0.05, 0.1) is 5.02 Å². The molecule has 0 unspecified atom stereocenters. The van der Waals surface area contributed by atoms with E-state index < -0.39 is 0 Å². The van der Waals surface area contributed by atoms with E-state index in [4.69, 9.17) is 11.6 Å². The number of ether oxygens (including phenoxy) is 1. The minimum Gasteiger partial charge on any atom is -0.388 e. The van der Waals surface area contributed by atoms with Gasteiger partial charge in [0.1, 0.15) is 5.82 Å². The second-order valence-electron chi connectivity index (χ2n) is 2.51. The topological polar surface area (TPSA) is 9.23 Å². The fraction of sp³-hybridized carbons (Fsp3) is 0.400. The first-order valence-corrected chi connectivity index (χ1v) is 4.37. The van der Waals surface area contributed by atoms with E-state index in [1.807, 2.05) is 6.92 Å². The summed E-state index contributed by atoms with van der Waals surface area (Å²) in [6, 6.07) is 4.78. The molecule has 3 heteroatoms. The van der Waals surface area contributed by atoms with Gasteiger partial charge in [0.25, 0.3) is 0 Å². The van der Waals surface area contributed by atoms with Crippen molar-refractivity contribution in [3.8, 4) is 0 Å². The lowest BCUT2D eigenvalue weighted by Crippen LogP contribution is -1.81. The zero-order valence-corrected chi connectivity index (χ0v) is 8.86. The van der Waals surface area contributed by atoms with Crippen LogP contribution in [0.1, 0.15) is 12.5 Å². The second-order valence-corrected chi connectivity index (χ2v) is 2.92. The third-order valence-corrected chi connectivity index (χ3v) is 1.68. The van der Waals surface area contributed by atoms with Crippen LogP contribution in [-0.4, -0.2) is 14.2 Å². The van der Waals surface area contributed by atoms with Crippen LogP contribution in [0.3, 0.4) is 0 Å². The van der Waals surface area contributed by atoms with E-state index in [0.29, 0.717) is 0 Å². The molecular formula is C10H14ClFO. The van der Waals surface area contributed by atoms with Crippen molar-refractivity contribution in [3.63, 3.8) is 0 Å². The average molecular weight is 205 g/mol. The maximum atomic E-state index is 12.5. The minimum atomic E-state index is -0.348. The minimum absolute atomic E-state index is 0.208. The first-order valence-electron chi connectivity index (χ1n) is 3.99. The standard InChI is InChI=1S/C8H8ClF.C2H6O/c1-2-6-3-4-8(10)7(9)5-6;1-3-2/h3-5H,2H2,1H3;1-2H3. The quantitative estimate of drug-likeness (QED) is 0.682. The van der Waals surface area contributed by atoms with Gasteiger partial charge in [0, 0.05) is 14.2 Å². The fourth-order valence-electron chi connectivity index (χ4n) is 0.760. The highest BCUT2D eigenvalue weighted by Gasteiger charge is 1.97. The van der Waals surface area contributed by atoms with Crippen molar-refractivity contribution >= 4 is 11.6 Å². The zero-order chi connectivity index (χ0) is 10.3. The van der Waals surface area contributed by atoms with Gasteiger partial charge in [-0.3, -0.25) is 0 Å². The number of rotatable bonds is 1. The summed E-state index contributed by atoms with van der Waals surface area (Å²) in [5.74, 6) is -0.348. The number of aryl methyl sites for hydroxylation is 1. The van der Waals surface area contributed by atoms with Crippen LogP contribution in [0.5, 0.6) is 0 Å². The van der Waals surface area contributed by atoms with Gasteiger partial charge in [-0.05, 0) is 24.1 Å². The van der Waals surface area contributed by atoms with Gasteiger partial charge in [-0.1, -0.05) is 24.6 Å². The van der Waals surface area contributed by atoms with Crippen LogP contribution < -0.4 is 0 Å². The molecule has 0 N–H and O–H groups in total. The molecule has 0 radical (unpaired) electrons. The van der Waals surface area contributed by atoms with Crippen molar-refractivity contribution in [1.82, 2.24) is 0 Å². The van der Waals surface area contributed by atoms with Crippen LogP contribution >= 0.6 is 11.6 Å². The molecule has 0 saturated carbocycles. The Bertz CT molecular complexity index is 251. The van der Waals surface area contributed by atoms with Crippen molar-refractivity contribution in [2.24, 2.45) is 0 Å². The Balaban J connectivity index is 0.000000424. The van der Waals surface area contributed by atoms with Gasteiger partial charge >= 0.3 is 0 Å². The van der Waals surface area contributed by atoms with E-state index in [2.05, 4.69) is 4.74 Å². The zero-order valence-electron chi connectivity index (χ0n) is 8.10. The van der Waals surface area contributed by atoms with Crippen molar-refractivity contribution in [2.75, 3.05) is 14.2 Å². The highest BCUT2D eigenvalue weighted by molar-refractivity contribution is 6.30. The Morgan fingerprint density at radius 1 is 1.38 bits per heavy atom. The molecule has 74 valence electrons. The van der Waals surface area contributed by atoms with Crippen LogP contribution in [0.25, 0.3) is 0 Å². The third-order valence-electron chi connectivity index (χ3n) is 1.39. The number of hydrogen-bond donors (Lipinski definition) is 0. The number of hydrogen-bond acceptors (Lipinski definition) is 1. The maximum absolute atomic E-state index is 12.5. The molecule has 13 heavy (non-hydrogen) atoms. The number of benzene rings is 1. The molecule has 0 aromatic heterocycles. The summed E-state index contributed by atoms with van der Waals surface area (Å²) in [6.07, 6.45) is 0.889. The molecule has 0 bridgehead atoms. The van der Waals surface area contributed by atoms with Crippen molar-refractivity contribution in [3.05, 3.63) is 34.6 Å². The Kier molecular flexibility index (Phi) is 6.55. The van der Waals surface area contributed by atoms with Crippen molar-refractivity contribution in [1.29, 1.82) is 0 Å². The van der Waals surface area contributed by atoms with Crippen LogP contribution in [0.4, 0.5) is 4.39 Å². The highest BCUT2D eigenvalue weighted by atomic mass is 35.5. The van der Waals surface area contributed by atoms with Crippen LogP contribution in [0, 0.1) is 5.82 Å². The van der Waals surface area contributed by atoms with Gasteiger partial charge in [-0.25, -0.2) is 4.39 Å². The molecule has 0 aliphatic carbocycles. The summed E-state index contributed by atoms with van der Waals surface area (Å²) in [6.45, 7) is 2.00. The van der Waals surface area contributed by atoms with Gasteiger partial charge in [-0.2, -0.15) is 0 Å². The fourth-order valence-corrected chi connectivity index (χ4v) is 0.963. The molecule has 0 heterocycles. The molecular weight excluding hydrogens is 191 g/mol. The molecule has 0 amide bonds. The first-order chi connectivity index (χ1) is 6.15. The van der Waals surface area contributed by atoms with Crippen LogP contribution in [0.2, 0.25) is 5.02 Å². The molecule has 1 nitrogen and oxygen atoms in total. The van der Waals surface area contributed by atoms with Gasteiger partial charge < -0.3 is 4.74 Å². The normalized spacial score (nSPS) is 9.00. The molecule has 1 aromatic rings. The predicted molar refractivity (Wildman–Crippen MR) is 53.7 cm³/mol. The van der Waals surface area contributed by atoms with E-state index in [1.54, 1.807) is 26.4 Å². The van der Waals surface area contributed by atoms with Gasteiger partial charge in [-0.15, -0.1) is 0 Å². The Morgan fingerprint density at radius 3 is 2.31 bits per heavy atom. The van der Waals surface area contributed by atoms with E-state index in [-0.39, 0.29) is 10.8 Å². The van der Waals surface area contributed by atoms with E-state index in [9.17, 15) is 4.39 Å². The molecule has 0 saturated heterocycles. The summed E-state index contributed by atoms with van der Waals surface area (Å²) in [5, 5.41) is 0.208. The van der Waals surface area contributed by atoms with E-state index in [0.717, 1.165) is 12.0 Å². The first kappa shape index (κ1) is 12.4. The summed E-state index contributed by atoms with van der Waals surface area (Å²) >= 11 is 5.52. The van der Waals surface area contributed by atoms with Crippen molar-refractivity contribution in [2.45, 2.75) is 13.3 Å². The van der Waals surface area contributed by atoms with Gasteiger partial charge in [0.15, 0.2) is 0 Å². The lowest BCUT2D eigenvalue weighted by molar-refractivity contribution is 0.277. The molecule has 0 aliphatic rings. The molecule has 0 fully saturated rings. The predicted octanol–water partition coefficient (Wildman–Crippen LogP) is 3.30. The van der Waals surface area contributed by atoms with E-state index >= 15 is 0 Å². The number of methoxy groups -OCH3 is 1. The lowest BCUT2D eigenvalue weighted by atomic mass is 10.2. The Morgan fingerprint density at radius 2 is 1.92 bits per heavy atom. The molecule has 1 rings (SSSR count). The summed E-state index contributed by atoms with van der Waals surface area (Å²) in [5.41, 5.74) is 1.06. The summed E-state index contributed by atoms with van der Waals surface area (Å²) in [4.78, 5) is 0. The van der Waals surface area contributed by atoms with Crippen LogP contribution in [-0.2, 0) is 11.2 Å². The Labute approximate surface area is 83.5 Å². The monoisotopic (exact) mass is 204 g/mol. The largest absolute Gasteiger partial charge is 0.388 e. The molecule has 0 atom stereocenters.